The van der Waals surface area contributed by atoms with E-state index in [0.29, 0.717) is 0 Å². The van der Waals surface area contributed by atoms with Crippen LogP contribution in [-0.2, 0) is 0 Å². The van der Waals surface area contributed by atoms with E-state index in [1.807, 2.05) is 11.8 Å². The quantitative estimate of drug-likeness (QED) is 0.657. The number of nitrogens with zero attached hydrogens (tertiary/aromatic N) is 1. The first-order chi connectivity index (χ1) is 5.83. The summed E-state index contributed by atoms with van der Waals surface area (Å²) in [7, 11) is 0. The summed E-state index contributed by atoms with van der Waals surface area (Å²) >= 11 is 2.00. The maximum absolute atomic E-state index is 9.26. The predicted octanol–water partition coefficient (Wildman–Crippen LogP) is 1.20. The Bertz CT molecular complexity index is 121. The third kappa shape index (κ3) is 3.78. The van der Waals surface area contributed by atoms with Gasteiger partial charge >= 0.3 is 0 Å². The molecule has 0 amide bonds. The van der Waals surface area contributed by atoms with Gasteiger partial charge in [-0.15, -0.1) is 0 Å². The maximum Gasteiger partial charge on any atom is 0.0679 e. The number of aliphatic hydroxyl groups is 1. The summed E-state index contributed by atoms with van der Waals surface area (Å²) in [5.41, 5.74) is 0. The van der Waals surface area contributed by atoms with Crippen LogP contribution in [-0.4, -0.2) is 47.3 Å². The maximum atomic E-state index is 9.26. The lowest BCUT2D eigenvalue weighted by Crippen LogP contribution is -2.23. The van der Waals surface area contributed by atoms with Gasteiger partial charge in [-0.2, -0.15) is 11.8 Å². The van der Waals surface area contributed by atoms with Crippen LogP contribution >= 0.6 is 11.8 Å². The molecule has 1 rings (SSSR count). The first-order valence-electron chi connectivity index (χ1n) is 4.81. The summed E-state index contributed by atoms with van der Waals surface area (Å²) in [5.74, 6) is 2.49. The highest BCUT2D eigenvalue weighted by Gasteiger charge is 2.18. The van der Waals surface area contributed by atoms with Gasteiger partial charge in [0.25, 0.3) is 0 Å². The molecule has 1 fully saturated rings. The molecule has 0 spiro atoms. The smallest absolute Gasteiger partial charge is 0.0679 e. The normalized spacial score (nSPS) is 25.0. The van der Waals surface area contributed by atoms with Gasteiger partial charge in [0.05, 0.1) is 6.10 Å². The average Bonchev–Trinajstić information content (AvgIpc) is 2.45. The third-order valence-electron chi connectivity index (χ3n) is 2.21. The van der Waals surface area contributed by atoms with Crippen molar-refractivity contribution in [3.05, 3.63) is 0 Å². The summed E-state index contributed by atoms with van der Waals surface area (Å²) < 4.78 is 0. The molecule has 1 saturated heterocycles. The van der Waals surface area contributed by atoms with Crippen LogP contribution in [0.4, 0.5) is 0 Å². The summed E-state index contributed by atoms with van der Waals surface area (Å²) in [6.45, 7) is 5.36. The second-order valence-corrected chi connectivity index (χ2v) is 4.69. The van der Waals surface area contributed by atoms with E-state index >= 15 is 0 Å². The lowest BCUT2D eigenvalue weighted by atomic mass is 10.3. The van der Waals surface area contributed by atoms with Crippen molar-refractivity contribution < 1.29 is 5.11 Å². The number of aliphatic hydroxyl groups excluding tert-OH is 1. The first-order valence-corrected chi connectivity index (χ1v) is 5.96. The van der Waals surface area contributed by atoms with Crippen molar-refractivity contribution in [3.8, 4) is 0 Å². The molecular weight excluding hydrogens is 170 g/mol. The topological polar surface area (TPSA) is 23.5 Å². The van der Waals surface area contributed by atoms with Crippen LogP contribution < -0.4 is 0 Å². The molecule has 1 aliphatic rings. The Morgan fingerprint density at radius 2 is 2.42 bits per heavy atom. The van der Waals surface area contributed by atoms with Gasteiger partial charge in [0.1, 0.15) is 0 Å². The van der Waals surface area contributed by atoms with Crippen LogP contribution in [0.1, 0.15) is 19.8 Å². The van der Waals surface area contributed by atoms with Crippen molar-refractivity contribution in [2.45, 2.75) is 25.9 Å². The second kappa shape index (κ2) is 5.84. The van der Waals surface area contributed by atoms with Crippen molar-refractivity contribution in [1.82, 2.24) is 4.90 Å². The molecular formula is C9H19NOS. The fourth-order valence-corrected chi connectivity index (χ4v) is 2.17. The molecule has 1 atom stereocenters. The SMILES string of the molecule is CCSCCCN1CCC(O)C1. The Labute approximate surface area is 79.3 Å². The Hall–Kier alpha value is 0.270. The number of hydrogen-bond acceptors (Lipinski definition) is 3. The molecule has 0 bridgehead atoms. The van der Waals surface area contributed by atoms with Gasteiger partial charge in [-0.25, -0.2) is 0 Å². The monoisotopic (exact) mass is 189 g/mol. The third-order valence-corrected chi connectivity index (χ3v) is 3.20. The highest BCUT2D eigenvalue weighted by molar-refractivity contribution is 7.99. The van der Waals surface area contributed by atoms with E-state index in [2.05, 4.69) is 11.8 Å². The number of rotatable bonds is 5. The van der Waals surface area contributed by atoms with E-state index in [1.54, 1.807) is 0 Å². The van der Waals surface area contributed by atoms with Crippen LogP contribution in [0.3, 0.4) is 0 Å². The molecule has 1 N–H and O–H groups in total. The van der Waals surface area contributed by atoms with Crippen molar-refractivity contribution in [2.75, 3.05) is 31.1 Å². The zero-order chi connectivity index (χ0) is 8.81. The van der Waals surface area contributed by atoms with Gasteiger partial charge < -0.3 is 10.0 Å². The molecule has 1 unspecified atom stereocenters. The lowest BCUT2D eigenvalue weighted by Gasteiger charge is -2.13. The zero-order valence-corrected chi connectivity index (χ0v) is 8.65. The average molecular weight is 189 g/mol. The molecule has 12 heavy (non-hydrogen) atoms. The minimum absolute atomic E-state index is 0.0520. The number of thioether (sulfide) groups is 1. The minimum Gasteiger partial charge on any atom is -0.392 e. The van der Waals surface area contributed by atoms with E-state index in [-0.39, 0.29) is 6.10 Å². The van der Waals surface area contributed by atoms with Gasteiger partial charge in [0.2, 0.25) is 0 Å². The predicted molar refractivity (Wildman–Crippen MR) is 54.7 cm³/mol. The van der Waals surface area contributed by atoms with Gasteiger partial charge in [-0.05, 0) is 30.9 Å². The van der Waals surface area contributed by atoms with Crippen molar-refractivity contribution >= 4 is 11.8 Å². The largest absolute Gasteiger partial charge is 0.392 e. The van der Waals surface area contributed by atoms with Gasteiger partial charge in [-0.1, -0.05) is 6.92 Å². The van der Waals surface area contributed by atoms with Gasteiger partial charge in [0.15, 0.2) is 0 Å². The van der Waals surface area contributed by atoms with Gasteiger partial charge in [-0.3, -0.25) is 0 Å². The molecule has 0 radical (unpaired) electrons. The van der Waals surface area contributed by atoms with Crippen molar-refractivity contribution in [1.29, 1.82) is 0 Å². The molecule has 0 saturated carbocycles. The molecule has 0 aromatic rings. The molecule has 0 aromatic carbocycles. The van der Waals surface area contributed by atoms with E-state index < -0.39 is 0 Å². The summed E-state index contributed by atoms with van der Waals surface area (Å²) in [6.07, 6.45) is 2.19. The van der Waals surface area contributed by atoms with Crippen molar-refractivity contribution in [3.63, 3.8) is 0 Å². The van der Waals surface area contributed by atoms with E-state index in [4.69, 9.17) is 0 Å². The fourth-order valence-electron chi connectivity index (χ4n) is 1.55. The summed E-state index contributed by atoms with van der Waals surface area (Å²) in [4.78, 5) is 2.36. The van der Waals surface area contributed by atoms with E-state index in [1.165, 1.54) is 24.5 Å². The number of β-amino-alcohol motifs (C(OH)–C–C–N with tert-alkyl or cyclic N) is 1. The molecule has 2 nitrogen and oxygen atoms in total. The Morgan fingerprint density at radius 3 is 3.00 bits per heavy atom. The molecule has 0 aromatic heterocycles. The molecule has 1 heterocycles. The van der Waals surface area contributed by atoms with Gasteiger partial charge in [0, 0.05) is 13.1 Å². The Morgan fingerprint density at radius 1 is 1.58 bits per heavy atom. The molecule has 3 heteroatoms. The Balaban J connectivity index is 1.93. The highest BCUT2D eigenvalue weighted by atomic mass is 32.2. The second-order valence-electron chi connectivity index (χ2n) is 3.29. The molecule has 72 valence electrons. The van der Waals surface area contributed by atoms with Crippen LogP contribution in [0.25, 0.3) is 0 Å². The zero-order valence-electron chi connectivity index (χ0n) is 7.83. The van der Waals surface area contributed by atoms with Crippen LogP contribution in [0.5, 0.6) is 0 Å². The van der Waals surface area contributed by atoms with E-state index in [9.17, 15) is 5.11 Å². The van der Waals surface area contributed by atoms with Crippen LogP contribution in [0.2, 0.25) is 0 Å². The minimum atomic E-state index is -0.0520. The number of likely N-dealkylation sites (tertiary alicyclic amines) is 1. The highest BCUT2D eigenvalue weighted by Crippen LogP contribution is 2.10. The summed E-state index contributed by atoms with van der Waals surface area (Å²) in [5, 5.41) is 9.26. The first kappa shape index (κ1) is 10.4. The molecule has 1 aliphatic heterocycles. The fraction of sp³-hybridized carbons (Fsp3) is 1.00. The summed E-state index contributed by atoms with van der Waals surface area (Å²) in [6, 6.07) is 0. The van der Waals surface area contributed by atoms with Crippen LogP contribution in [0, 0.1) is 0 Å². The number of hydrogen-bond donors (Lipinski definition) is 1. The molecule has 0 aliphatic carbocycles. The van der Waals surface area contributed by atoms with E-state index in [0.717, 1.165) is 19.5 Å². The lowest BCUT2D eigenvalue weighted by molar-refractivity contribution is 0.176. The van der Waals surface area contributed by atoms with Crippen LogP contribution in [0.15, 0.2) is 0 Å². The standard InChI is InChI=1S/C9H19NOS/c1-2-12-7-3-5-10-6-4-9(11)8-10/h9,11H,2-8H2,1H3. The van der Waals surface area contributed by atoms with Crippen molar-refractivity contribution in [2.24, 2.45) is 0 Å². The Kier molecular flexibility index (Phi) is 5.04.